The number of hydrogen-bond donors (Lipinski definition) is 2. The van der Waals surface area contributed by atoms with Gasteiger partial charge in [-0.3, -0.25) is 4.79 Å². The number of hydrogen-bond acceptors (Lipinski definition) is 3. The summed E-state index contributed by atoms with van der Waals surface area (Å²) < 4.78 is 2.07. The topological polar surface area (TPSA) is 59.0 Å². The van der Waals surface area contributed by atoms with Crippen LogP contribution in [-0.4, -0.2) is 35.1 Å². The van der Waals surface area contributed by atoms with Crippen molar-refractivity contribution in [3.05, 3.63) is 18.7 Å². The zero-order valence-corrected chi connectivity index (χ0v) is 11.2. The van der Waals surface area contributed by atoms with Crippen LogP contribution >= 0.6 is 0 Å². The molecule has 1 aromatic heterocycles. The van der Waals surface area contributed by atoms with Crippen LogP contribution in [0.5, 0.6) is 0 Å². The van der Waals surface area contributed by atoms with Crippen LogP contribution in [0.25, 0.3) is 0 Å². The second-order valence-electron chi connectivity index (χ2n) is 4.39. The molecular formula is C13H24N4O. The fourth-order valence-corrected chi connectivity index (χ4v) is 1.63. The average molecular weight is 252 g/mol. The smallest absolute Gasteiger partial charge is 0.233 e. The molecule has 5 nitrogen and oxygen atoms in total. The molecule has 0 aliphatic rings. The number of amides is 1. The predicted octanol–water partition coefficient (Wildman–Crippen LogP) is 1.17. The van der Waals surface area contributed by atoms with Gasteiger partial charge in [-0.25, -0.2) is 4.98 Å². The summed E-state index contributed by atoms with van der Waals surface area (Å²) >= 11 is 0. The molecule has 0 atom stereocenters. The van der Waals surface area contributed by atoms with Gasteiger partial charge in [0.25, 0.3) is 0 Å². The molecule has 1 heterocycles. The lowest BCUT2D eigenvalue weighted by Gasteiger charge is -2.06. The van der Waals surface area contributed by atoms with Crippen molar-refractivity contribution >= 4 is 5.91 Å². The second kappa shape index (κ2) is 9.65. The fourth-order valence-electron chi connectivity index (χ4n) is 1.63. The largest absolute Gasteiger partial charge is 0.355 e. The summed E-state index contributed by atoms with van der Waals surface area (Å²) in [7, 11) is 0. The monoisotopic (exact) mass is 252 g/mol. The molecule has 0 spiro atoms. The molecule has 1 aromatic rings. The number of nitrogens with zero attached hydrogens (tertiary/aromatic N) is 2. The van der Waals surface area contributed by atoms with E-state index in [-0.39, 0.29) is 5.91 Å². The minimum absolute atomic E-state index is 0.0954. The Labute approximate surface area is 109 Å². The van der Waals surface area contributed by atoms with Crippen molar-refractivity contribution in [2.45, 2.75) is 39.2 Å². The third-order valence-electron chi connectivity index (χ3n) is 2.72. The van der Waals surface area contributed by atoms with Gasteiger partial charge in [0.2, 0.25) is 5.91 Å². The van der Waals surface area contributed by atoms with E-state index in [0.717, 1.165) is 45.3 Å². The van der Waals surface area contributed by atoms with Crippen LogP contribution in [-0.2, 0) is 11.3 Å². The van der Waals surface area contributed by atoms with Crippen LogP contribution in [0.15, 0.2) is 18.7 Å². The molecule has 18 heavy (non-hydrogen) atoms. The van der Waals surface area contributed by atoms with E-state index in [4.69, 9.17) is 0 Å². The van der Waals surface area contributed by atoms with Gasteiger partial charge in [-0.05, 0) is 25.8 Å². The molecule has 0 fully saturated rings. The minimum Gasteiger partial charge on any atom is -0.355 e. The Hall–Kier alpha value is -1.36. The molecule has 1 amide bonds. The lowest BCUT2D eigenvalue weighted by atomic mass is 10.3. The summed E-state index contributed by atoms with van der Waals surface area (Å²) in [5.41, 5.74) is 0. The number of unbranched alkanes of at least 4 members (excludes halogenated alkanes) is 2. The highest BCUT2D eigenvalue weighted by molar-refractivity contribution is 5.77. The van der Waals surface area contributed by atoms with Gasteiger partial charge in [-0.1, -0.05) is 13.3 Å². The summed E-state index contributed by atoms with van der Waals surface area (Å²) in [6.07, 6.45) is 9.92. The van der Waals surface area contributed by atoms with E-state index < -0.39 is 0 Å². The number of aryl methyl sites for hydroxylation is 1. The van der Waals surface area contributed by atoms with Gasteiger partial charge in [-0.2, -0.15) is 0 Å². The van der Waals surface area contributed by atoms with E-state index in [9.17, 15) is 4.79 Å². The number of nitrogens with one attached hydrogen (secondary N) is 2. The minimum atomic E-state index is 0.0954. The highest BCUT2D eigenvalue weighted by Gasteiger charge is 1.98. The number of rotatable bonds is 10. The van der Waals surface area contributed by atoms with E-state index in [1.165, 1.54) is 0 Å². The quantitative estimate of drug-likeness (QED) is 0.615. The van der Waals surface area contributed by atoms with Crippen LogP contribution in [0.4, 0.5) is 0 Å². The van der Waals surface area contributed by atoms with Crippen LogP contribution in [0.3, 0.4) is 0 Å². The summed E-state index contributed by atoms with van der Waals surface area (Å²) in [6, 6.07) is 0. The van der Waals surface area contributed by atoms with Crippen LogP contribution in [0, 0.1) is 0 Å². The van der Waals surface area contributed by atoms with E-state index in [0.29, 0.717) is 6.54 Å². The molecule has 5 heteroatoms. The van der Waals surface area contributed by atoms with Crippen LogP contribution < -0.4 is 10.6 Å². The molecule has 0 saturated carbocycles. The molecule has 0 saturated heterocycles. The maximum atomic E-state index is 11.4. The summed E-state index contributed by atoms with van der Waals surface area (Å²) in [5, 5.41) is 6.04. The third kappa shape index (κ3) is 7.06. The lowest BCUT2D eigenvalue weighted by Crippen LogP contribution is -2.34. The molecule has 2 N–H and O–H groups in total. The third-order valence-corrected chi connectivity index (χ3v) is 2.72. The van der Waals surface area contributed by atoms with Gasteiger partial charge < -0.3 is 15.2 Å². The predicted molar refractivity (Wildman–Crippen MR) is 72.2 cm³/mol. The molecule has 0 radical (unpaired) electrons. The van der Waals surface area contributed by atoms with Gasteiger partial charge in [-0.15, -0.1) is 0 Å². The van der Waals surface area contributed by atoms with Crippen LogP contribution in [0.1, 0.15) is 32.6 Å². The first kappa shape index (κ1) is 14.7. The molecule has 1 rings (SSSR count). The Morgan fingerprint density at radius 1 is 1.28 bits per heavy atom. The number of imidazole rings is 1. The van der Waals surface area contributed by atoms with Gasteiger partial charge in [0.05, 0.1) is 12.9 Å². The van der Waals surface area contributed by atoms with Crippen molar-refractivity contribution in [2.24, 2.45) is 0 Å². The molecule has 0 bridgehead atoms. The first-order valence-electron chi connectivity index (χ1n) is 6.76. The van der Waals surface area contributed by atoms with E-state index >= 15 is 0 Å². The zero-order chi connectivity index (χ0) is 13.1. The van der Waals surface area contributed by atoms with E-state index in [2.05, 4.69) is 27.1 Å². The fraction of sp³-hybridized carbons (Fsp3) is 0.692. The highest BCUT2D eigenvalue weighted by atomic mass is 16.1. The van der Waals surface area contributed by atoms with Crippen molar-refractivity contribution in [3.63, 3.8) is 0 Å². The normalized spacial score (nSPS) is 10.5. The van der Waals surface area contributed by atoms with Gasteiger partial charge in [0.1, 0.15) is 0 Å². The SMILES string of the molecule is CCCCNC(=O)CNCCCCn1ccnc1. The van der Waals surface area contributed by atoms with Crippen molar-refractivity contribution in [1.82, 2.24) is 20.2 Å². The van der Waals surface area contributed by atoms with Gasteiger partial charge in [0, 0.05) is 25.5 Å². The first-order chi connectivity index (χ1) is 8.83. The Morgan fingerprint density at radius 3 is 2.89 bits per heavy atom. The zero-order valence-electron chi connectivity index (χ0n) is 11.2. The Morgan fingerprint density at radius 2 is 2.17 bits per heavy atom. The number of carbonyl (C=O) groups is 1. The van der Waals surface area contributed by atoms with E-state index in [1.807, 2.05) is 12.5 Å². The van der Waals surface area contributed by atoms with Crippen molar-refractivity contribution in [3.8, 4) is 0 Å². The molecule has 0 aliphatic carbocycles. The van der Waals surface area contributed by atoms with Crippen molar-refractivity contribution in [2.75, 3.05) is 19.6 Å². The number of aromatic nitrogens is 2. The maximum Gasteiger partial charge on any atom is 0.233 e. The maximum absolute atomic E-state index is 11.4. The summed E-state index contributed by atoms with van der Waals surface area (Å²) in [5.74, 6) is 0.0954. The summed E-state index contributed by atoms with van der Waals surface area (Å²) in [4.78, 5) is 15.3. The first-order valence-corrected chi connectivity index (χ1v) is 6.76. The summed E-state index contributed by atoms with van der Waals surface area (Å²) in [6.45, 7) is 5.21. The Balaban J connectivity index is 1.87. The molecule has 0 aromatic carbocycles. The molecule has 102 valence electrons. The van der Waals surface area contributed by atoms with E-state index in [1.54, 1.807) is 6.20 Å². The van der Waals surface area contributed by atoms with Gasteiger partial charge in [0.15, 0.2) is 0 Å². The molecule has 0 aliphatic heterocycles. The number of carbonyl (C=O) groups excluding carboxylic acids is 1. The molecular weight excluding hydrogens is 228 g/mol. The highest BCUT2D eigenvalue weighted by Crippen LogP contribution is 1.93. The Kier molecular flexibility index (Phi) is 7.88. The Bertz CT molecular complexity index is 311. The van der Waals surface area contributed by atoms with Crippen molar-refractivity contribution < 1.29 is 4.79 Å². The molecule has 0 unspecified atom stereocenters. The average Bonchev–Trinajstić information content (AvgIpc) is 2.87. The standard InChI is InChI=1S/C13H24N4O/c1-2-3-7-16-13(18)11-14-6-4-5-9-17-10-8-15-12-17/h8,10,12,14H,2-7,9,11H2,1H3,(H,16,18). The van der Waals surface area contributed by atoms with Crippen molar-refractivity contribution in [1.29, 1.82) is 0 Å². The lowest BCUT2D eigenvalue weighted by molar-refractivity contribution is -0.120. The second-order valence-corrected chi connectivity index (χ2v) is 4.39. The van der Waals surface area contributed by atoms with Crippen LogP contribution in [0.2, 0.25) is 0 Å². The van der Waals surface area contributed by atoms with Gasteiger partial charge >= 0.3 is 0 Å².